The topological polar surface area (TPSA) is 106 Å². The van der Waals surface area contributed by atoms with Crippen LogP contribution < -0.4 is 9.86 Å². The maximum Gasteiger partial charge on any atom is 0.262 e. The van der Waals surface area contributed by atoms with Crippen LogP contribution in [0.5, 0.6) is 0 Å². The molecule has 0 fully saturated rings. The zero-order valence-corrected chi connectivity index (χ0v) is 13.2. The Balaban J connectivity index is 2.24. The number of rotatable bonds is 5. The Hall–Kier alpha value is -2.04. The van der Waals surface area contributed by atoms with E-state index in [0.29, 0.717) is 23.8 Å². The molecular formula is C13H12F2N2O4S2. The van der Waals surface area contributed by atoms with E-state index in [0.717, 1.165) is 0 Å². The van der Waals surface area contributed by atoms with Crippen molar-refractivity contribution in [1.29, 1.82) is 0 Å². The lowest BCUT2D eigenvalue weighted by molar-refractivity contribution is 0.568. The Bertz CT molecular complexity index is 907. The molecule has 0 radical (unpaired) electrons. The van der Waals surface area contributed by atoms with Gasteiger partial charge in [0, 0.05) is 11.8 Å². The molecule has 0 atom stereocenters. The first-order valence-corrected chi connectivity index (χ1v) is 9.33. The van der Waals surface area contributed by atoms with Crippen molar-refractivity contribution in [3.63, 3.8) is 0 Å². The fourth-order valence-electron chi connectivity index (χ4n) is 1.80. The maximum absolute atomic E-state index is 13.1. The minimum atomic E-state index is -4.18. The van der Waals surface area contributed by atoms with Crippen molar-refractivity contribution in [1.82, 2.24) is 0 Å². The fourth-order valence-corrected chi connectivity index (χ4v) is 3.56. The molecule has 3 N–H and O–H groups in total. The average Bonchev–Trinajstić information content (AvgIpc) is 2.38. The van der Waals surface area contributed by atoms with Crippen molar-refractivity contribution >= 4 is 25.7 Å². The highest BCUT2D eigenvalue weighted by Gasteiger charge is 2.17. The molecule has 10 heteroatoms. The molecule has 0 unspecified atom stereocenters. The summed E-state index contributed by atoms with van der Waals surface area (Å²) in [4.78, 5) is -0.566. The molecule has 6 nitrogen and oxygen atoms in total. The van der Waals surface area contributed by atoms with E-state index in [2.05, 4.69) is 4.72 Å². The van der Waals surface area contributed by atoms with Crippen molar-refractivity contribution in [2.24, 2.45) is 5.14 Å². The highest BCUT2D eigenvalue weighted by Crippen LogP contribution is 2.19. The smallest absolute Gasteiger partial charge is 0.262 e. The molecule has 0 saturated heterocycles. The van der Waals surface area contributed by atoms with Gasteiger partial charge in [-0.1, -0.05) is 12.1 Å². The summed E-state index contributed by atoms with van der Waals surface area (Å²) in [5.41, 5.74) is 0.472. The molecular weight excluding hydrogens is 350 g/mol. The molecule has 0 spiro atoms. The molecule has 124 valence electrons. The Morgan fingerprint density at radius 2 is 1.43 bits per heavy atom. The lowest BCUT2D eigenvalue weighted by atomic mass is 10.2. The Kier molecular flexibility index (Phi) is 4.68. The number of benzene rings is 2. The van der Waals surface area contributed by atoms with E-state index >= 15 is 0 Å². The summed E-state index contributed by atoms with van der Waals surface area (Å²) >= 11 is 0. The highest BCUT2D eigenvalue weighted by atomic mass is 32.2. The monoisotopic (exact) mass is 362 g/mol. The third-order valence-electron chi connectivity index (χ3n) is 2.72. The summed E-state index contributed by atoms with van der Waals surface area (Å²) in [5.74, 6) is -2.43. The van der Waals surface area contributed by atoms with Crippen LogP contribution in [0.4, 0.5) is 14.5 Å². The third kappa shape index (κ3) is 4.98. The van der Waals surface area contributed by atoms with Gasteiger partial charge in [0.25, 0.3) is 10.0 Å². The average molecular weight is 362 g/mol. The van der Waals surface area contributed by atoms with Crippen LogP contribution in [0.3, 0.4) is 0 Å². The van der Waals surface area contributed by atoms with Crippen LogP contribution in [-0.4, -0.2) is 16.8 Å². The van der Waals surface area contributed by atoms with E-state index in [1.807, 2.05) is 0 Å². The van der Waals surface area contributed by atoms with Gasteiger partial charge in [-0.05, 0) is 29.8 Å². The van der Waals surface area contributed by atoms with Gasteiger partial charge in [0.2, 0.25) is 10.0 Å². The van der Waals surface area contributed by atoms with E-state index in [1.54, 1.807) is 0 Å². The number of halogens is 2. The number of sulfonamides is 2. The fraction of sp³-hybridized carbons (Fsp3) is 0.0769. The molecule has 0 saturated carbocycles. The Labute approximate surface area is 132 Å². The van der Waals surface area contributed by atoms with Crippen LogP contribution in [0.2, 0.25) is 0 Å². The molecule has 0 bridgehead atoms. The minimum absolute atomic E-state index is 0.104. The summed E-state index contributed by atoms with van der Waals surface area (Å²) in [7, 11) is -7.88. The van der Waals surface area contributed by atoms with Crippen molar-refractivity contribution < 1.29 is 25.6 Å². The predicted octanol–water partition coefficient (Wildman–Crippen LogP) is 1.55. The predicted molar refractivity (Wildman–Crippen MR) is 80.4 cm³/mol. The van der Waals surface area contributed by atoms with E-state index in [4.69, 9.17) is 5.14 Å². The zero-order valence-electron chi connectivity index (χ0n) is 11.5. The number of hydrogen-bond acceptors (Lipinski definition) is 4. The summed E-state index contributed by atoms with van der Waals surface area (Å²) < 4.78 is 74.4. The van der Waals surface area contributed by atoms with Crippen LogP contribution in [0, 0.1) is 11.6 Å². The Morgan fingerprint density at radius 3 is 1.91 bits per heavy atom. The van der Waals surface area contributed by atoms with E-state index in [9.17, 15) is 25.6 Å². The van der Waals surface area contributed by atoms with Gasteiger partial charge in [-0.3, -0.25) is 4.72 Å². The summed E-state index contributed by atoms with van der Waals surface area (Å²) in [6.07, 6.45) is 0. The molecule has 23 heavy (non-hydrogen) atoms. The van der Waals surface area contributed by atoms with Gasteiger partial charge >= 0.3 is 0 Å². The lowest BCUT2D eigenvalue weighted by Crippen LogP contribution is -2.15. The van der Waals surface area contributed by atoms with E-state index in [1.165, 1.54) is 24.3 Å². The molecule has 0 amide bonds. The number of primary sulfonamides is 1. The molecule has 2 aromatic rings. The minimum Gasteiger partial charge on any atom is -0.280 e. The summed E-state index contributed by atoms with van der Waals surface area (Å²) in [5, 5.41) is 4.90. The van der Waals surface area contributed by atoms with Crippen molar-refractivity contribution in [3.8, 4) is 0 Å². The number of hydrogen-bond donors (Lipinski definition) is 2. The van der Waals surface area contributed by atoms with Crippen LogP contribution in [-0.2, 0) is 25.8 Å². The first-order valence-electron chi connectivity index (χ1n) is 6.13. The van der Waals surface area contributed by atoms with E-state index < -0.39 is 42.3 Å². The van der Waals surface area contributed by atoms with Crippen LogP contribution in [0.1, 0.15) is 5.56 Å². The van der Waals surface area contributed by atoms with Gasteiger partial charge in [0.15, 0.2) is 0 Å². The Morgan fingerprint density at radius 1 is 0.913 bits per heavy atom. The van der Waals surface area contributed by atoms with Gasteiger partial charge in [0.1, 0.15) is 11.6 Å². The molecule has 0 heterocycles. The normalized spacial score (nSPS) is 12.1. The van der Waals surface area contributed by atoms with Crippen molar-refractivity contribution in [2.75, 3.05) is 4.72 Å². The molecule has 0 aliphatic rings. The lowest BCUT2D eigenvalue weighted by Gasteiger charge is -2.09. The zero-order chi connectivity index (χ0) is 17.3. The molecule has 0 aliphatic heterocycles. The van der Waals surface area contributed by atoms with Crippen LogP contribution >= 0.6 is 0 Å². The van der Waals surface area contributed by atoms with Gasteiger partial charge in [0.05, 0.1) is 10.6 Å². The second-order valence-electron chi connectivity index (χ2n) is 4.71. The number of nitrogens with one attached hydrogen (secondary N) is 1. The van der Waals surface area contributed by atoms with Crippen LogP contribution in [0.15, 0.2) is 47.4 Å². The van der Waals surface area contributed by atoms with E-state index in [-0.39, 0.29) is 5.69 Å². The van der Waals surface area contributed by atoms with Gasteiger partial charge in [-0.25, -0.2) is 30.8 Å². The first-order chi connectivity index (χ1) is 10.5. The van der Waals surface area contributed by atoms with Gasteiger partial charge in [-0.15, -0.1) is 0 Å². The number of nitrogens with two attached hydrogens (primary N) is 1. The highest BCUT2D eigenvalue weighted by molar-refractivity contribution is 7.92. The second kappa shape index (κ2) is 6.22. The third-order valence-corrected chi connectivity index (χ3v) is 4.82. The number of anilines is 1. The summed E-state index contributed by atoms with van der Waals surface area (Å²) in [6.45, 7) is 0. The SMILES string of the molecule is NS(=O)(=O)Cc1ccc(NS(=O)(=O)c2cc(F)cc(F)c2)cc1. The molecule has 2 rings (SSSR count). The summed E-state index contributed by atoms with van der Waals surface area (Å²) in [6, 6.07) is 7.28. The maximum atomic E-state index is 13.1. The standard InChI is InChI=1S/C13H12F2N2O4S2/c14-10-5-11(15)7-13(6-10)23(20,21)17-12-3-1-9(2-4-12)8-22(16,18)19/h1-7,17H,8H2,(H2,16,18,19). The molecule has 2 aromatic carbocycles. The largest absolute Gasteiger partial charge is 0.280 e. The second-order valence-corrected chi connectivity index (χ2v) is 8.01. The van der Waals surface area contributed by atoms with Crippen molar-refractivity contribution in [2.45, 2.75) is 10.6 Å². The van der Waals surface area contributed by atoms with Crippen LogP contribution in [0.25, 0.3) is 0 Å². The molecule has 0 aliphatic carbocycles. The van der Waals surface area contributed by atoms with Crippen molar-refractivity contribution in [3.05, 3.63) is 59.7 Å². The molecule has 0 aromatic heterocycles. The quantitative estimate of drug-likeness (QED) is 0.842. The van der Waals surface area contributed by atoms with Gasteiger partial charge in [-0.2, -0.15) is 0 Å². The van der Waals surface area contributed by atoms with Gasteiger partial charge < -0.3 is 0 Å². The first kappa shape index (κ1) is 17.3.